The number of carbonyl (C=O) groups is 1. The quantitative estimate of drug-likeness (QED) is 0.827. The second-order valence-electron chi connectivity index (χ2n) is 8.05. The second-order valence-corrected chi connectivity index (χ2v) is 8.05. The van der Waals surface area contributed by atoms with E-state index in [0.29, 0.717) is 13.1 Å². The number of hydrogen-bond acceptors (Lipinski definition) is 4. The zero-order valence-corrected chi connectivity index (χ0v) is 17.4. The van der Waals surface area contributed by atoms with Crippen LogP contribution in [0.4, 0.5) is 0 Å². The van der Waals surface area contributed by atoms with Crippen molar-refractivity contribution in [2.45, 2.75) is 45.6 Å². The summed E-state index contributed by atoms with van der Waals surface area (Å²) in [5.74, 6) is 1.07. The highest BCUT2D eigenvalue weighted by Gasteiger charge is 2.29. The highest BCUT2D eigenvalue weighted by atomic mass is 16.2. The number of hydrogen-bond donors (Lipinski definition) is 1. The third-order valence-corrected chi connectivity index (χ3v) is 5.55. The van der Waals surface area contributed by atoms with Crippen LogP contribution in [0.15, 0.2) is 23.3 Å². The van der Waals surface area contributed by atoms with Crippen molar-refractivity contribution in [1.82, 2.24) is 24.3 Å². The van der Waals surface area contributed by atoms with E-state index in [1.54, 1.807) is 6.07 Å². The van der Waals surface area contributed by atoms with Crippen LogP contribution in [0.5, 0.6) is 0 Å². The molecule has 0 aliphatic carbocycles. The fraction of sp³-hybridized carbons (Fsp3) is 0.571. The van der Waals surface area contributed by atoms with Gasteiger partial charge in [-0.25, -0.2) is 4.98 Å². The Hall–Kier alpha value is -2.41. The number of H-pyrrole nitrogens is 1. The average Bonchev–Trinajstić information content (AvgIpc) is 3.12. The zero-order chi connectivity index (χ0) is 20.3. The van der Waals surface area contributed by atoms with Gasteiger partial charge < -0.3 is 19.4 Å². The molecular weight excluding hydrogens is 354 g/mol. The second kappa shape index (κ2) is 8.73. The van der Waals surface area contributed by atoms with Gasteiger partial charge in [-0.3, -0.25) is 9.59 Å². The Morgan fingerprint density at radius 3 is 2.89 bits per heavy atom. The van der Waals surface area contributed by atoms with E-state index < -0.39 is 0 Å². The highest BCUT2D eigenvalue weighted by Crippen LogP contribution is 2.27. The number of amides is 1. The fourth-order valence-corrected chi connectivity index (χ4v) is 3.86. The first-order valence-electron chi connectivity index (χ1n) is 10.0. The van der Waals surface area contributed by atoms with Gasteiger partial charge in [-0.2, -0.15) is 0 Å². The number of imidazole rings is 1. The molecule has 2 aromatic rings. The van der Waals surface area contributed by atoms with Crippen LogP contribution in [-0.4, -0.2) is 64.0 Å². The van der Waals surface area contributed by atoms with Crippen molar-refractivity contribution in [1.29, 1.82) is 0 Å². The largest absolute Gasteiger partial charge is 0.338 e. The van der Waals surface area contributed by atoms with Crippen LogP contribution in [0.2, 0.25) is 0 Å². The molecule has 0 spiro atoms. The Bertz CT molecular complexity index is 883. The van der Waals surface area contributed by atoms with E-state index in [4.69, 9.17) is 0 Å². The highest BCUT2D eigenvalue weighted by molar-refractivity contribution is 5.94. The van der Waals surface area contributed by atoms with Crippen LogP contribution in [-0.2, 0) is 6.54 Å². The van der Waals surface area contributed by atoms with E-state index >= 15 is 0 Å². The number of piperidine rings is 1. The van der Waals surface area contributed by atoms with Crippen LogP contribution in [0, 0.1) is 13.8 Å². The molecule has 0 aromatic carbocycles. The number of aryl methyl sites for hydroxylation is 3. The summed E-state index contributed by atoms with van der Waals surface area (Å²) in [6.07, 6.45) is 6.87. The summed E-state index contributed by atoms with van der Waals surface area (Å²) in [5, 5.41) is 0. The summed E-state index contributed by atoms with van der Waals surface area (Å²) in [6.45, 7) is 7.00. The monoisotopic (exact) mass is 385 g/mol. The maximum Gasteiger partial charge on any atom is 0.261 e. The van der Waals surface area contributed by atoms with Crippen molar-refractivity contribution in [3.63, 3.8) is 0 Å². The molecule has 3 heterocycles. The van der Waals surface area contributed by atoms with Crippen molar-refractivity contribution in [2.24, 2.45) is 0 Å². The Morgan fingerprint density at radius 1 is 1.36 bits per heavy atom. The lowest BCUT2D eigenvalue weighted by atomic mass is 9.96. The minimum Gasteiger partial charge on any atom is -0.338 e. The van der Waals surface area contributed by atoms with Crippen LogP contribution < -0.4 is 5.56 Å². The van der Waals surface area contributed by atoms with Gasteiger partial charge in [-0.1, -0.05) is 0 Å². The number of aromatic amines is 1. The number of aromatic nitrogens is 3. The molecular formula is C21H31N5O2. The Morgan fingerprint density at radius 2 is 2.14 bits per heavy atom. The van der Waals surface area contributed by atoms with E-state index in [1.165, 1.54) is 0 Å². The molecule has 7 nitrogen and oxygen atoms in total. The summed E-state index contributed by atoms with van der Waals surface area (Å²) in [6, 6.07) is 1.71. The first kappa shape index (κ1) is 20.3. The van der Waals surface area contributed by atoms with Gasteiger partial charge in [0, 0.05) is 43.6 Å². The summed E-state index contributed by atoms with van der Waals surface area (Å²) in [4.78, 5) is 36.7. The predicted octanol–water partition coefficient (Wildman–Crippen LogP) is 2.16. The summed E-state index contributed by atoms with van der Waals surface area (Å²) < 4.78 is 2.21. The lowest BCUT2D eigenvalue weighted by Crippen LogP contribution is -2.41. The number of nitrogens with one attached hydrogen (secondary N) is 1. The molecule has 28 heavy (non-hydrogen) atoms. The molecule has 1 unspecified atom stereocenters. The van der Waals surface area contributed by atoms with Gasteiger partial charge in [0.05, 0.1) is 0 Å². The maximum atomic E-state index is 13.0. The molecule has 0 radical (unpaired) electrons. The Kier molecular flexibility index (Phi) is 6.34. The molecule has 1 aliphatic heterocycles. The van der Waals surface area contributed by atoms with Crippen LogP contribution >= 0.6 is 0 Å². The molecule has 152 valence electrons. The smallest absolute Gasteiger partial charge is 0.261 e. The van der Waals surface area contributed by atoms with E-state index in [1.807, 2.05) is 31.1 Å². The number of nitrogens with zero attached hydrogens (tertiary/aromatic N) is 4. The molecule has 7 heteroatoms. The molecule has 2 aromatic heterocycles. The Labute approximate surface area is 166 Å². The van der Waals surface area contributed by atoms with Gasteiger partial charge in [0.2, 0.25) is 0 Å². The molecule has 1 saturated heterocycles. The predicted molar refractivity (Wildman–Crippen MR) is 110 cm³/mol. The topological polar surface area (TPSA) is 74.2 Å². The standard InChI is InChI=1S/C21H31N5O2/c1-15-13-18(20(27)23-16(15)2)21(28)26-10-5-7-17(14-26)19-22-8-12-25(19)11-6-9-24(3)4/h8,12-13,17H,5-7,9-11,14H2,1-4H3,(H,23,27). The summed E-state index contributed by atoms with van der Waals surface area (Å²) >= 11 is 0. The third-order valence-electron chi connectivity index (χ3n) is 5.55. The molecule has 1 amide bonds. The van der Waals surface area contributed by atoms with Gasteiger partial charge in [0.15, 0.2) is 0 Å². The van der Waals surface area contributed by atoms with E-state index in [2.05, 4.69) is 33.5 Å². The van der Waals surface area contributed by atoms with Crippen molar-refractivity contribution in [2.75, 3.05) is 33.7 Å². The number of pyridine rings is 1. The minimum absolute atomic E-state index is 0.181. The molecule has 3 rings (SSSR count). The lowest BCUT2D eigenvalue weighted by molar-refractivity contribution is 0.0701. The molecule has 1 fully saturated rings. The first-order valence-corrected chi connectivity index (χ1v) is 10.0. The average molecular weight is 386 g/mol. The van der Waals surface area contributed by atoms with Crippen LogP contribution in [0.25, 0.3) is 0 Å². The Balaban J connectivity index is 1.73. The van der Waals surface area contributed by atoms with Gasteiger partial charge in [0.25, 0.3) is 11.5 Å². The molecule has 0 saturated carbocycles. The third kappa shape index (κ3) is 4.52. The fourth-order valence-electron chi connectivity index (χ4n) is 3.86. The SMILES string of the molecule is Cc1cc(C(=O)N2CCCC(c3nccn3CCCN(C)C)C2)c(=O)[nH]c1C. The minimum atomic E-state index is -0.305. The maximum absolute atomic E-state index is 13.0. The van der Waals surface area contributed by atoms with Gasteiger partial charge in [-0.05, 0) is 65.4 Å². The normalized spacial score (nSPS) is 17.3. The van der Waals surface area contributed by atoms with Crippen LogP contribution in [0.1, 0.15) is 52.6 Å². The molecule has 1 N–H and O–H groups in total. The lowest BCUT2D eigenvalue weighted by Gasteiger charge is -2.32. The first-order chi connectivity index (χ1) is 13.4. The molecule has 1 atom stereocenters. The van der Waals surface area contributed by atoms with Crippen molar-refractivity contribution >= 4 is 5.91 Å². The van der Waals surface area contributed by atoms with E-state index in [0.717, 1.165) is 49.4 Å². The number of rotatable bonds is 6. The van der Waals surface area contributed by atoms with Gasteiger partial charge in [0.1, 0.15) is 11.4 Å². The van der Waals surface area contributed by atoms with Gasteiger partial charge >= 0.3 is 0 Å². The van der Waals surface area contributed by atoms with E-state index in [9.17, 15) is 9.59 Å². The van der Waals surface area contributed by atoms with Gasteiger partial charge in [-0.15, -0.1) is 0 Å². The molecule has 0 bridgehead atoms. The van der Waals surface area contributed by atoms with Crippen molar-refractivity contribution in [3.05, 3.63) is 51.5 Å². The number of carbonyl (C=O) groups excluding carboxylic acids is 1. The summed E-state index contributed by atoms with van der Waals surface area (Å²) in [7, 11) is 4.15. The summed E-state index contributed by atoms with van der Waals surface area (Å²) in [5.41, 5.74) is 1.66. The molecule has 1 aliphatic rings. The van der Waals surface area contributed by atoms with Crippen molar-refractivity contribution < 1.29 is 4.79 Å². The van der Waals surface area contributed by atoms with Crippen LogP contribution in [0.3, 0.4) is 0 Å². The van der Waals surface area contributed by atoms with Crippen molar-refractivity contribution in [3.8, 4) is 0 Å². The number of likely N-dealkylation sites (tertiary alicyclic amines) is 1. The van der Waals surface area contributed by atoms with E-state index in [-0.39, 0.29) is 22.9 Å². The zero-order valence-electron chi connectivity index (χ0n) is 17.4.